The van der Waals surface area contributed by atoms with Crippen LogP contribution in [0, 0.1) is 11.3 Å². The Kier molecular flexibility index (Phi) is 4.22. The van der Waals surface area contributed by atoms with Gasteiger partial charge >= 0.3 is 0 Å². The number of nitrogens with one attached hydrogen (secondary N) is 1. The maximum absolute atomic E-state index is 7.18. The highest BCUT2D eigenvalue weighted by Crippen LogP contribution is 2.23. The Morgan fingerprint density at radius 3 is 2.54 bits per heavy atom. The molecule has 76 valence electrons. The molecule has 1 fully saturated rings. The lowest BCUT2D eigenvalue weighted by atomic mass is 9.89. The van der Waals surface area contributed by atoms with E-state index in [1.54, 1.807) is 0 Å². The third-order valence-corrected chi connectivity index (χ3v) is 2.73. The first kappa shape index (κ1) is 10.5. The highest BCUT2D eigenvalue weighted by molar-refractivity contribution is 5.78. The average molecular weight is 183 g/mol. The van der Waals surface area contributed by atoms with Crippen molar-refractivity contribution < 1.29 is 0 Å². The summed E-state index contributed by atoms with van der Waals surface area (Å²) < 4.78 is 0. The predicted octanol–water partition coefficient (Wildman–Crippen LogP) is 1.43. The van der Waals surface area contributed by atoms with Crippen LogP contribution in [0.4, 0.5) is 0 Å². The normalized spacial score (nSPS) is 19.2. The summed E-state index contributed by atoms with van der Waals surface area (Å²) in [4.78, 5) is 2.16. The lowest BCUT2D eigenvalue weighted by Crippen LogP contribution is -2.34. The predicted molar refractivity (Wildman–Crippen MR) is 56.0 cm³/mol. The van der Waals surface area contributed by atoms with Crippen molar-refractivity contribution in [1.29, 1.82) is 5.41 Å². The van der Waals surface area contributed by atoms with E-state index in [2.05, 4.69) is 11.9 Å². The van der Waals surface area contributed by atoms with Gasteiger partial charge in [-0.25, -0.2) is 0 Å². The van der Waals surface area contributed by atoms with Crippen LogP contribution >= 0.6 is 0 Å². The van der Waals surface area contributed by atoms with Crippen molar-refractivity contribution in [3.63, 3.8) is 0 Å². The van der Waals surface area contributed by atoms with E-state index < -0.39 is 0 Å². The minimum absolute atomic E-state index is 0.276. The molecule has 3 nitrogen and oxygen atoms in total. The first-order valence-corrected chi connectivity index (χ1v) is 5.20. The molecule has 3 N–H and O–H groups in total. The van der Waals surface area contributed by atoms with E-state index in [-0.39, 0.29) is 5.84 Å². The van der Waals surface area contributed by atoms with E-state index in [1.165, 1.54) is 32.1 Å². The van der Waals surface area contributed by atoms with E-state index in [4.69, 9.17) is 11.1 Å². The molecular formula is C10H21N3. The Morgan fingerprint density at radius 1 is 1.38 bits per heavy atom. The minimum Gasteiger partial charge on any atom is -0.387 e. The Hall–Kier alpha value is -0.570. The molecule has 13 heavy (non-hydrogen) atoms. The molecule has 0 saturated heterocycles. The van der Waals surface area contributed by atoms with E-state index in [9.17, 15) is 0 Å². The van der Waals surface area contributed by atoms with E-state index in [0.717, 1.165) is 12.5 Å². The fourth-order valence-corrected chi connectivity index (χ4v) is 2.17. The Balaban J connectivity index is 2.18. The third-order valence-electron chi connectivity index (χ3n) is 2.73. The second-order valence-electron chi connectivity index (χ2n) is 4.23. The molecular weight excluding hydrogens is 162 g/mol. The molecule has 3 heteroatoms. The van der Waals surface area contributed by atoms with Gasteiger partial charge in [0.15, 0.2) is 0 Å². The second kappa shape index (κ2) is 5.22. The number of hydrogen-bond acceptors (Lipinski definition) is 2. The number of amidine groups is 1. The van der Waals surface area contributed by atoms with Crippen molar-refractivity contribution in [1.82, 2.24) is 4.90 Å². The van der Waals surface area contributed by atoms with E-state index in [1.807, 2.05) is 0 Å². The zero-order chi connectivity index (χ0) is 9.68. The van der Waals surface area contributed by atoms with Crippen molar-refractivity contribution >= 4 is 5.84 Å². The fourth-order valence-electron chi connectivity index (χ4n) is 2.17. The maximum atomic E-state index is 7.18. The fraction of sp³-hybridized carbons (Fsp3) is 0.900. The monoisotopic (exact) mass is 183 g/mol. The molecule has 1 saturated carbocycles. The SMILES string of the molecule is CN(CC(=N)N)CC1CCCCC1. The molecule has 0 heterocycles. The molecule has 0 atom stereocenters. The molecule has 0 aromatic heterocycles. The van der Waals surface area contributed by atoms with E-state index in [0.29, 0.717) is 6.54 Å². The number of rotatable bonds is 4. The molecule has 1 rings (SSSR count). The Morgan fingerprint density at radius 2 is 2.00 bits per heavy atom. The van der Waals surface area contributed by atoms with Crippen molar-refractivity contribution in [2.45, 2.75) is 32.1 Å². The van der Waals surface area contributed by atoms with Gasteiger partial charge < -0.3 is 5.73 Å². The van der Waals surface area contributed by atoms with Gasteiger partial charge in [0.25, 0.3) is 0 Å². The molecule has 0 radical (unpaired) electrons. The summed E-state index contributed by atoms with van der Waals surface area (Å²) in [5, 5.41) is 7.18. The van der Waals surface area contributed by atoms with Crippen molar-refractivity contribution in [3.8, 4) is 0 Å². The molecule has 0 aliphatic heterocycles. The van der Waals surface area contributed by atoms with Crippen LogP contribution < -0.4 is 5.73 Å². The maximum Gasteiger partial charge on any atom is 0.105 e. The summed E-state index contributed by atoms with van der Waals surface area (Å²) in [6, 6.07) is 0. The smallest absolute Gasteiger partial charge is 0.105 e. The lowest BCUT2D eigenvalue weighted by Gasteiger charge is -2.26. The summed E-state index contributed by atoms with van der Waals surface area (Å²) in [7, 11) is 2.05. The van der Waals surface area contributed by atoms with Crippen molar-refractivity contribution in [2.75, 3.05) is 20.1 Å². The lowest BCUT2D eigenvalue weighted by molar-refractivity contribution is 0.252. The number of hydrogen-bond donors (Lipinski definition) is 2. The second-order valence-corrected chi connectivity index (χ2v) is 4.23. The van der Waals surface area contributed by atoms with Gasteiger partial charge in [0, 0.05) is 6.54 Å². The van der Waals surface area contributed by atoms with Crippen LogP contribution in [-0.2, 0) is 0 Å². The Labute approximate surface area is 80.8 Å². The quantitative estimate of drug-likeness (QED) is 0.512. The standard InChI is InChI=1S/C10H21N3/c1-13(8-10(11)12)7-9-5-3-2-4-6-9/h9H,2-8H2,1H3,(H3,11,12). The number of likely N-dealkylation sites (N-methyl/N-ethyl adjacent to an activating group) is 1. The molecule has 0 aromatic rings. The van der Waals surface area contributed by atoms with Crippen LogP contribution in [0.3, 0.4) is 0 Å². The van der Waals surface area contributed by atoms with Crippen LogP contribution in [0.25, 0.3) is 0 Å². The van der Waals surface area contributed by atoms with Crippen LogP contribution in [0.2, 0.25) is 0 Å². The molecule has 1 aliphatic rings. The van der Waals surface area contributed by atoms with Gasteiger partial charge in [-0.2, -0.15) is 0 Å². The van der Waals surface area contributed by atoms with Crippen LogP contribution in [-0.4, -0.2) is 30.9 Å². The zero-order valence-corrected chi connectivity index (χ0v) is 8.55. The molecule has 0 aromatic carbocycles. The van der Waals surface area contributed by atoms with Gasteiger partial charge in [-0.05, 0) is 25.8 Å². The molecule has 0 bridgehead atoms. The van der Waals surface area contributed by atoms with E-state index >= 15 is 0 Å². The highest BCUT2D eigenvalue weighted by Gasteiger charge is 2.15. The summed E-state index contributed by atoms with van der Waals surface area (Å²) in [6.07, 6.45) is 6.91. The van der Waals surface area contributed by atoms with Crippen LogP contribution in [0.5, 0.6) is 0 Å². The molecule has 0 amide bonds. The van der Waals surface area contributed by atoms with Gasteiger partial charge in [0.05, 0.1) is 6.54 Å². The summed E-state index contributed by atoms with van der Waals surface area (Å²) in [5.74, 6) is 1.12. The molecule has 0 unspecified atom stereocenters. The van der Waals surface area contributed by atoms with Gasteiger partial charge in [0.2, 0.25) is 0 Å². The van der Waals surface area contributed by atoms with Gasteiger partial charge in [-0.1, -0.05) is 19.3 Å². The summed E-state index contributed by atoms with van der Waals surface area (Å²) in [5.41, 5.74) is 5.34. The highest BCUT2D eigenvalue weighted by atomic mass is 15.1. The zero-order valence-electron chi connectivity index (χ0n) is 8.55. The summed E-state index contributed by atoms with van der Waals surface area (Å²) in [6.45, 7) is 1.73. The summed E-state index contributed by atoms with van der Waals surface area (Å²) >= 11 is 0. The molecule has 0 spiro atoms. The van der Waals surface area contributed by atoms with Crippen LogP contribution in [0.15, 0.2) is 0 Å². The number of nitrogens with zero attached hydrogens (tertiary/aromatic N) is 1. The first-order chi connectivity index (χ1) is 6.18. The number of nitrogens with two attached hydrogens (primary N) is 1. The largest absolute Gasteiger partial charge is 0.387 e. The Bertz CT molecular complexity index is 162. The van der Waals surface area contributed by atoms with Gasteiger partial charge in [0.1, 0.15) is 5.84 Å². The molecule has 1 aliphatic carbocycles. The third kappa shape index (κ3) is 4.27. The average Bonchev–Trinajstić information content (AvgIpc) is 2.04. The van der Waals surface area contributed by atoms with Crippen LogP contribution in [0.1, 0.15) is 32.1 Å². The van der Waals surface area contributed by atoms with Gasteiger partial charge in [-0.3, -0.25) is 10.3 Å². The topological polar surface area (TPSA) is 53.1 Å². The van der Waals surface area contributed by atoms with Crippen molar-refractivity contribution in [2.24, 2.45) is 11.7 Å². The first-order valence-electron chi connectivity index (χ1n) is 5.20. The van der Waals surface area contributed by atoms with Gasteiger partial charge in [-0.15, -0.1) is 0 Å². The minimum atomic E-state index is 0.276. The van der Waals surface area contributed by atoms with Crippen molar-refractivity contribution in [3.05, 3.63) is 0 Å².